The van der Waals surface area contributed by atoms with Crippen LogP contribution in [0.4, 0.5) is 4.39 Å². The maximum atomic E-state index is 13.9. The first-order valence-corrected chi connectivity index (χ1v) is 12.7. The molecule has 0 aliphatic rings. The maximum Gasteiger partial charge on any atom is 0.205 e. The Labute approximate surface area is 213 Å². The largest absolute Gasteiger partial charge is 0.304 e. The molecule has 36 heavy (non-hydrogen) atoms. The van der Waals surface area contributed by atoms with Crippen molar-refractivity contribution in [3.8, 4) is 16.9 Å². The molecule has 0 radical (unpaired) electrons. The Bertz CT molecular complexity index is 1360. The topological polar surface area (TPSA) is 17.8 Å². The van der Waals surface area contributed by atoms with Gasteiger partial charge < -0.3 is 4.57 Å². The molecular formula is C32H30BFN2. The third-order valence-electron chi connectivity index (χ3n) is 6.85. The number of hydrogen-bond acceptors (Lipinski definition) is 1. The van der Waals surface area contributed by atoms with Crippen LogP contribution in [0.5, 0.6) is 0 Å². The number of halogens is 1. The zero-order chi connectivity index (χ0) is 24.7. The highest BCUT2D eigenvalue weighted by molar-refractivity contribution is 6.51. The summed E-state index contributed by atoms with van der Waals surface area (Å²) in [6, 6.07) is 36.8. The van der Waals surface area contributed by atoms with Gasteiger partial charge in [-0.25, -0.2) is 4.39 Å². The fraction of sp³-hybridized carbons (Fsp3) is 0.156. The van der Waals surface area contributed by atoms with Crippen LogP contribution in [0.2, 0.25) is 6.32 Å². The molecule has 0 N–H and O–H groups in total. The Morgan fingerprint density at radius 2 is 1.42 bits per heavy atom. The van der Waals surface area contributed by atoms with Crippen LogP contribution in [0.25, 0.3) is 16.9 Å². The summed E-state index contributed by atoms with van der Waals surface area (Å²) in [5.74, 6) is 0.165. The van der Waals surface area contributed by atoms with Gasteiger partial charge in [0.05, 0.1) is 17.6 Å². The molecule has 0 atom stereocenters. The normalized spacial score (nSPS) is 11.1. The van der Waals surface area contributed by atoms with Crippen molar-refractivity contribution in [1.29, 1.82) is 0 Å². The molecule has 5 aromatic rings. The fourth-order valence-corrected chi connectivity index (χ4v) is 5.05. The lowest BCUT2D eigenvalue weighted by Gasteiger charge is -2.18. The molecule has 178 valence electrons. The predicted molar refractivity (Wildman–Crippen MR) is 149 cm³/mol. The summed E-state index contributed by atoms with van der Waals surface area (Å²) in [6.45, 7) is 1.96. The minimum absolute atomic E-state index is 0.216. The summed E-state index contributed by atoms with van der Waals surface area (Å²) in [6.07, 6.45) is 5.14. The molecule has 5 rings (SSSR count). The van der Waals surface area contributed by atoms with E-state index < -0.39 is 0 Å². The van der Waals surface area contributed by atoms with Crippen molar-refractivity contribution < 1.29 is 4.39 Å². The van der Waals surface area contributed by atoms with Gasteiger partial charge in [-0.15, -0.1) is 0 Å². The van der Waals surface area contributed by atoms with Gasteiger partial charge in [-0.3, -0.25) is 4.98 Å². The molecule has 0 aliphatic carbocycles. The van der Waals surface area contributed by atoms with Gasteiger partial charge in [0.25, 0.3) is 0 Å². The van der Waals surface area contributed by atoms with Crippen molar-refractivity contribution in [2.24, 2.45) is 0 Å². The highest BCUT2D eigenvalue weighted by Crippen LogP contribution is 2.30. The van der Waals surface area contributed by atoms with Crippen LogP contribution in [0.15, 0.2) is 115 Å². The summed E-state index contributed by atoms with van der Waals surface area (Å²) in [4.78, 5) is 4.83. The van der Waals surface area contributed by atoms with Gasteiger partial charge in [0.15, 0.2) is 0 Å². The molecule has 0 saturated carbocycles. The SMILES string of the molecule is Cc1cc(F)ccc1-n1c(-c2ccccc2)cnc1BCCCC(c1ccccc1)c1ccccc1. The summed E-state index contributed by atoms with van der Waals surface area (Å²) >= 11 is 0. The van der Waals surface area contributed by atoms with E-state index in [1.165, 1.54) is 17.2 Å². The number of imidazole rings is 1. The summed E-state index contributed by atoms with van der Waals surface area (Å²) < 4.78 is 16.1. The van der Waals surface area contributed by atoms with Gasteiger partial charge in [0.1, 0.15) is 5.82 Å². The van der Waals surface area contributed by atoms with Gasteiger partial charge in [-0.1, -0.05) is 104 Å². The van der Waals surface area contributed by atoms with Crippen LogP contribution >= 0.6 is 0 Å². The Kier molecular flexibility index (Phi) is 7.42. The average Bonchev–Trinajstić information content (AvgIpc) is 3.34. The Morgan fingerprint density at radius 3 is 2.03 bits per heavy atom. The van der Waals surface area contributed by atoms with Crippen molar-refractivity contribution in [2.45, 2.75) is 32.0 Å². The molecule has 4 aromatic carbocycles. The second-order valence-corrected chi connectivity index (χ2v) is 9.31. The van der Waals surface area contributed by atoms with Gasteiger partial charge >= 0.3 is 0 Å². The molecule has 0 fully saturated rings. The van der Waals surface area contributed by atoms with Crippen LogP contribution in [0, 0.1) is 12.7 Å². The molecule has 0 amide bonds. The highest BCUT2D eigenvalue weighted by Gasteiger charge is 2.17. The first kappa shape index (κ1) is 23.8. The summed E-state index contributed by atoms with van der Waals surface area (Å²) in [7, 11) is 0.861. The van der Waals surface area contributed by atoms with Gasteiger partial charge in [-0.05, 0) is 48.2 Å². The van der Waals surface area contributed by atoms with E-state index in [2.05, 4.69) is 77.4 Å². The zero-order valence-corrected chi connectivity index (χ0v) is 20.6. The van der Waals surface area contributed by atoms with E-state index in [0.29, 0.717) is 5.92 Å². The van der Waals surface area contributed by atoms with Gasteiger partial charge in [0, 0.05) is 17.2 Å². The number of rotatable bonds is 9. The van der Waals surface area contributed by atoms with E-state index in [9.17, 15) is 4.39 Å². The minimum Gasteiger partial charge on any atom is -0.304 e. The number of nitrogens with zero attached hydrogens (tertiary/aromatic N) is 2. The van der Waals surface area contributed by atoms with Crippen LogP contribution in [-0.4, -0.2) is 16.8 Å². The van der Waals surface area contributed by atoms with E-state index in [-0.39, 0.29) is 5.82 Å². The molecule has 1 heterocycles. The minimum atomic E-state index is -0.216. The standard InChI is InChI=1S/C32H30BFN2/c1-24-22-28(34)19-20-30(24)36-31(27-16-9-4-10-17-27)23-35-32(36)33-21-11-18-29(25-12-5-2-6-13-25)26-14-7-3-8-15-26/h2-10,12-17,19-20,22-23,29,33H,11,18,21H2,1H3. The Morgan fingerprint density at radius 1 is 0.806 bits per heavy atom. The van der Waals surface area contributed by atoms with Crippen LogP contribution < -0.4 is 5.72 Å². The van der Waals surface area contributed by atoms with E-state index >= 15 is 0 Å². The molecule has 0 unspecified atom stereocenters. The molecule has 4 heteroatoms. The van der Waals surface area contributed by atoms with Gasteiger partial charge in [0.2, 0.25) is 7.28 Å². The lowest BCUT2D eigenvalue weighted by molar-refractivity contribution is 0.626. The quantitative estimate of drug-likeness (QED) is 0.166. The second kappa shape index (κ2) is 11.2. The van der Waals surface area contributed by atoms with Crippen LogP contribution in [0.3, 0.4) is 0 Å². The second-order valence-electron chi connectivity index (χ2n) is 9.31. The third kappa shape index (κ3) is 5.33. The molecule has 2 nitrogen and oxygen atoms in total. The Hall–Kier alpha value is -3.92. The number of aryl methyl sites for hydroxylation is 1. The molecule has 0 saturated heterocycles. The lowest BCUT2D eigenvalue weighted by atomic mass is 9.70. The summed E-state index contributed by atoms with van der Waals surface area (Å²) in [5, 5.41) is 0. The van der Waals surface area contributed by atoms with Gasteiger partial charge in [-0.2, -0.15) is 0 Å². The monoisotopic (exact) mass is 472 g/mol. The molecule has 0 spiro atoms. The number of benzene rings is 4. The van der Waals surface area contributed by atoms with Crippen molar-refractivity contribution in [1.82, 2.24) is 9.55 Å². The predicted octanol–water partition coefficient (Wildman–Crippen LogP) is 7.08. The number of aromatic nitrogens is 2. The molecule has 1 aromatic heterocycles. The van der Waals surface area contributed by atoms with E-state index in [4.69, 9.17) is 4.98 Å². The smallest absolute Gasteiger partial charge is 0.205 e. The summed E-state index contributed by atoms with van der Waals surface area (Å²) in [5.41, 5.74) is 7.75. The molecule has 0 bridgehead atoms. The Balaban J connectivity index is 1.37. The average molecular weight is 472 g/mol. The third-order valence-corrected chi connectivity index (χ3v) is 6.85. The van der Waals surface area contributed by atoms with Crippen molar-refractivity contribution >= 4 is 13.0 Å². The van der Waals surface area contributed by atoms with Crippen molar-refractivity contribution in [3.63, 3.8) is 0 Å². The van der Waals surface area contributed by atoms with E-state index in [0.717, 1.165) is 54.7 Å². The first-order valence-electron chi connectivity index (χ1n) is 12.7. The maximum absolute atomic E-state index is 13.9. The zero-order valence-electron chi connectivity index (χ0n) is 20.6. The fourth-order valence-electron chi connectivity index (χ4n) is 5.05. The van der Waals surface area contributed by atoms with Crippen molar-refractivity contribution in [3.05, 3.63) is 138 Å². The van der Waals surface area contributed by atoms with Crippen LogP contribution in [-0.2, 0) is 0 Å². The first-order chi connectivity index (χ1) is 17.7. The number of hydrogen-bond donors (Lipinski definition) is 0. The molecular weight excluding hydrogens is 442 g/mol. The van der Waals surface area contributed by atoms with Crippen molar-refractivity contribution in [2.75, 3.05) is 0 Å². The highest BCUT2D eigenvalue weighted by atomic mass is 19.1. The molecule has 0 aliphatic heterocycles. The van der Waals surface area contributed by atoms with Crippen LogP contribution in [0.1, 0.15) is 35.4 Å². The lowest BCUT2D eigenvalue weighted by Crippen LogP contribution is -2.26. The van der Waals surface area contributed by atoms with E-state index in [1.807, 2.05) is 37.4 Å². The van der Waals surface area contributed by atoms with E-state index in [1.54, 1.807) is 6.07 Å².